The number of aromatic nitrogens is 2. The van der Waals surface area contributed by atoms with Crippen molar-refractivity contribution in [1.29, 1.82) is 0 Å². The van der Waals surface area contributed by atoms with E-state index in [1.54, 1.807) is 0 Å². The number of nitrogens with zero attached hydrogens (tertiary/aromatic N) is 1. The predicted molar refractivity (Wildman–Crippen MR) is 78.3 cm³/mol. The highest BCUT2D eigenvalue weighted by Gasteiger charge is 2.30. The van der Waals surface area contributed by atoms with Crippen LogP contribution in [0.4, 0.5) is 18.2 Å². The number of imidazole rings is 1. The van der Waals surface area contributed by atoms with E-state index >= 15 is 0 Å². The highest BCUT2D eigenvalue weighted by Crippen LogP contribution is 2.38. The second kappa shape index (κ2) is 4.49. The maximum atomic E-state index is 12.7. The van der Waals surface area contributed by atoms with Crippen molar-refractivity contribution in [2.45, 2.75) is 20.0 Å². The number of nitrogens with one attached hydrogen (secondary N) is 1. The van der Waals surface area contributed by atoms with Gasteiger partial charge in [0.2, 0.25) is 0 Å². The number of aryl methyl sites for hydroxylation is 1. The van der Waals surface area contributed by atoms with Crippen LogP contribution in [0, 0.1) is 13.8 Å². The Kier molecular flexibility index (Phi) is 2.98. The number of halogens is 3. The number of H-pyrrole nitrogens is 1. The van der Waals surface area contributed by atoms with Crippen molar-refractivity contribution < 1.29 is 13.2 Å². The summed E-state index contributed by atoms with van der Waals surface area (Å²) in [7, 11) is 0. The SMILES string of the molecule is Cc1sc(N)c(-c2nc3ccc(C(F)(F)F)cc3[nH]2)c1C. The van der Waals surface area contributed by atoms with Gasteiger partial charge in [0.05, 0.1) is 27.2 Å². The lowest BCUT2D eigenvalue weighted by Crippen LogP contribution is -2.04. The fraction of sp³-hybridized carbons (Fsp3) is 0.214. The van der Waals surface area contributed by atoms with Crippen LogP contribution in [0.5, 0.6) is 0 Å². The molecule has 110 valence electrons. The largest absolute Gasteiger partial charge is 0.416 e. The molecule has 0 bridgehead atoms. The van der Waals surface area contributed by atoms with E-state index in [4.69, 9.17) is 5.73 Å². The van der Waals surface area contributed by atoms with Gasteiger partial charge in [-0.25, -0.2) is 4.98 Å². The molecule has 3 aromatic rings. The average molecular weight is 311 g/mol. The Morgan fingerprint density at radius 1 is 1.24 bits per heavy atom. The van der Waals surface area contributed by atoms with Gasteiger partial charge in [0.15, 0.2) is 0 Å². The molecular formula is C14H12F3N3S. The summed E-state index contributed by atoms with van der Waals surface area (Å²) in [4.78, 5) is 8.35. The summed E-state index contributed by atoms with van der Waals surface area (Å²) < 4.78 is 38.2. The van der Waals surface area contributed by atoms with Gasteiger partial charge in [0.1, 0.15) is 5.82 Å². The number of anilines is 1. The molecule has 0 aliphatic carbocycles. The maximum absolute atomic E-state index is 12.7. The molecule has 0 aliphatic heterocycles. The lowest BCUT2D eigenvalue weighted by atomic mass is 10.1. The van der Waals surface area contributed by atoms with Crippen molar-refractivity contribution >= 4 is 27.4 Å². The van der Waals surface area contributed by atoms with Crippen molar-refractivity contribution in [3.63, 3.8) is 0 Å². The van der Waals surface area contributed by atoms with E-state index < -0.39 is 11.7 Å². The third-order valence-electron chi connectivity index (χ3n) is 3.46. The fourth-order valence-corrected chi connectivity index (χ4v) is 3.19. The number of alkyl halides is 3. The summed E-state index contributed by atoms with van der Waals surface area (Å²) in [5.41, 5.74) is 7.87. The Hall–Kier alpha value is -2.02. The van der Waals surface area contributed by atoms with Crippen LogP contribution in [0.3, 0.4) is 0 Å². The van der Waals surface area contributed by atoms with Crippen LogP contribution < -0.4 is 5.73 Å². The van der Waals surface area contributed by atoms with Gasteiger partial charge >= 0.3 is 6.18 Å². The Balaban J connectivity index is 2.18. The van der Waals surface area contributed by atoms with E-state index in [9.17, 15) is 13.2 Å². The molecule has 3 N–H and O–H groups in total. The molecule has 0 amide bonds. The topological polar surface area (TPSA) is 54.7 Å². The molecule has 0 aliphatic rings. The molecule has 0 saturated heterocycles. The minimum absolute atomic E-state index is 0.350. The number of fused-ring (bicyclic) bond motifs is 1. The van der Waals surface area contributed by atoms with Crippen LogP contribution in [-0.2, 0) is 6.18 Å². The molecular weight excluding hydrogens is 299 g/mol. The quantitative estimate of drug-likeness (QED) is 0.694. The smallest absolute Gasteiger partial charge is 0.390 e. The number of nitrogens with two attached hydrogens (primary N) is 1. The summed E-state index contributed by atoms with van der Waals surface area (Å²) >= 11 is 1.45. The minimum Gasteiger partial charge on any atom is -0.390 e. The van der Waals surface area contributed by atoms with Gasteiger partial charge < -0.3 is 10.7 Å². The summed E-state index contributed by atoms with van der Waals surface area (Å²) in [6, 6.07) is 3.46. The number of rotatable bonds is 1. The number of benzene rings is 1. The van der Waals surface area contributed by atoms with E-state index in [-0.39, 0.29) is 0 Å². The zero-order chi connectivity index (χ0) is 15.4. The molecule has 0 radical (unpaired) electrons. The molecule has 3 nitrogen and oxygen atoms in total. The molecule has 0 unspecified atom stereocenters. The Bertz CT molecular complexity index is 830. The summed E-state index contributed by atoms with van der Waals surface area (Å²) in [6.07, 6.45) is -4.37. The summed E-state index contributed by atoms with van der Waals surface area (Å²) in [5, 5.41) is 0.611. The van der Waals surface area contributed by atoms with E-state index in [1.165, 1.54) is 17.4 Å². The van der Waals surface area contributed by atoms with Crippen LogP contribution in [0.2, 0.25) is 0 Å². The molecule has 0 atom stereocenters. The number of nitrogen functional groups attached to an aromatic ring is 1. The van der Waals surface area contributed by atoms with Crippen molar-refractivity contribution in [2.24, 2.45) is 0 Å². The van der Waals surface area contributed by atoms with E-state index in [0.717, 1.165) is 28.1 Å². The summed E-state index contributed by atoms with van der Waals surface area (Å²) in [5.74, 6) is 0.503. The highest BCUT2D eigenvalue weighted by atomic mass is 32.1. The Labute approximate surface area is 122 Å². The lowest BCUT2D eigenvalue weighted by molar-refractivity contribution is -0.137. The van der Waals surface area contributed by atoms with E-state index in [1.807, 2.05) is 13.8 Å². The molecule has 3 rings (SSSR count). The van der Waals surface area contributed by atoms with Gasteiger partial charge in [-0.2, -0.15) is 13.2 Å². The number of hydrogen-bond donors (Lipinski definition) is 2. The number of thiophene rings is 1. The molecule has 21 heavy (non-hydrogen) atoms. The Morgan fingerprint density at radius 2 is 1.95 bits per heavy atom. The second-order valence-corrected chi connectivity index (χ2v) is 6.09. The van der Waals surface area contributed by atoms with Crippen molar-refractivity contribution in [3.05, 3.63) is 34.2 Å². The summed E-state index contributed by atoms with van der Waals surface area (Å²) in [6.45, 7) is 3.87. The first kappa shape index (κ1) is 13.9. The predicted octanol–water partition coefficient (Wildman–Crippen LogP) is 4.51. The van der Waals surface area contributed by atoms with Crippen LogP contribution >= 0.6 is 11.3 Å². The first-order valence-electron chi connectivity index (χ1n) is 6.20. The first-order chi connectivity index (χ1) is 9.77. The van der Waals surface area contributed by atoms with Gasteiger partial charge in [-0.3, -0.25) is 0 Å². The number of aromatic amines is 1. The van der Waals surface area contributed by atoms with Gasteiger partial charge in [-0.05, 0) is 37.6 Å². The fourth-order valence-electron chi connectivity index (χ4n) is 2.25. The van der Waals surface area contributed by atoms with Gasteiger partial charge in [0.25, 0.3) is 0 Å². The lowest BCUT2D eigenvalue weighted by Gasteiger charge is -2.05. The third kappa shape index (κ3) is 2.27. The third-order valence-corrected chi connectivity index (χ3v) is 4.49. The molecule has 1 aromatic carbocycles. The zero-order valence-corrected chi connectivity index (χ0v) is 12.1. The number of hydrogen-bond acceptors (Lipinski definition) is 3. The second-order valence-electron chi connectivity index (χ2n) is 4.84. The van der Waals surface area contributed by atoms with Gasteiger partial charge in [-0.15, -0.1) is 11.3 Å². The maximum Gasteiger partial charge on any atom is 0.416 e. The molecule has 7 heteroatoms. The monoisotopic (exact) mass is 311 g/mol. The molecule has 0 saturated carbocycles. The molecule has 0 fully saturated rings. The molecule has 0 spiro atoms. The normalized spacial score (nSPS) is 12.2. The Morgan fingerprint density at radius 3 is 2.52 bits per heavy atom. The van der Waals surface area contributed by atoms with Crippen LogP contribution in [0.15, 0.2) is 18.2 Å². The first-order valence-corrected chi connectivity index (χ1v) is 7.02. The standard InChI is InChI=1S/C14H12F3N3S/c1-6-7(2)21-12(18)11(6)13-19-9-4-3-8(14(15,16)17)5-10(9)20-13/h3-5H,18H2,1-2H3,(H,19,20). The van der Waals surface area contributed by atoms with Gasteiger partial charge in [-0.1, -0.05) is 0 Å². The van der Waals surface area contributed by atoms with Crippen molar-refractivity contribution in [1.82, 2.24) is 9.97 Å². The average Bonchev–Trinajstić information content (AvgIpc) is 2.89. The zero-order valence-electron chi connectivity index (χ0n) is 11.3. The van der Waals surface area contributed by atoms with E-state index in [2.05, 4.69) is 9.97 Å². The minimum atomic E-state index is -4.37. The van der Waals surface area contributed by atoms with E-state index in [0.29, 0.717) is 21.9 Å². The van der Waals surface area contributed by atoms with Crippen molar-refractivity contribution in [2.75, 3.05) is 5.73 Å². The van der Waals surface area contributed by atoms with Crippen LogP contribution in [-0.4, -0.2) is 9.97 Å². The van der Waals surface area contributed by atoms with Gasteiger partial charge in [0, 0.05) is 4.88 Å². The highest BCUT2D eigenvalue weighted by molar-refractivity contribution is 7.16. The van der Waals surface area contributed by atoms with Crippen LogP contribution in [0.25, 0.3) is 22.4 Å². The van der Waals surface area contributed by atoms with Crippen LogP contribution in [0.1, 0.15) is 16.0 Å². The van der Waals surface area contributed by atoms with Crippen molar-refractivity contribution in [3.8, 4) is 11.4 Å². The molecule has 2 heterocycles. The molecule has 2 aromatic heterocycles.